The molecule has 0 amide bonds. The molecule has 0 radical (unpaired) electrons. The summed E-state index contributed by atoms with van der Waals surface area (Å²) in [5.41, 5.74) is -0.287. The molecule has 0 heterocycles. The fourth-order valence-electron chi connectivity index (χ4n) is 7.37. The molecule has 8 rings (SSSR count). The van der Waals surface area contributed by atoms with E-state index >= 15 is 0 Å². The van der Waals surface area contributed by atoms with Gasteiger partial charge in [0.1, 0.15) is 25.3 Å². The van der Waals surface area contributed by atoms with Crippen molar-refractivity contribution in [3.63, 3.8) is 0 Å². The van der Waals surface area contributed by atoms with Crippen molar-refractivity contribution in [3.05, 3.63) is 197 Å². The lowest BCUT2D eigenvalue weighted by Gasteiger charge is -2.08. The third kappa shape index (κ3) is 17.3. The Balaban J connectivity index is 0.965. The maximum absolute atomic E-state index is 13.4. The predicted octanol–water partition coefficient (Wildman–Crippen LogP) is 13.1. The van der Waals surface area contributed by atoms with Gasteiger partial charge in [0, 0.05) is 17.2 Å². The first-order valence-corrected chi connectivity index (χ1v) is 32.4. The molecule has 8 aromatic carbocycles. The minimum absolute atomic E-state index is 0.0585. The van der Waals surface area contributed by atoms with E-state index in [-0.39, 0.29) is 71.0 Å². The molecule has 0 saturated carbocycles. The molecular formula is C52H38N10O19S6. The Morgan fingerprint density at radius 3 is 0.770 bits per heavy atom. The molecule has 0 bridgehead atoms. The molecule has 0 aromatic heterocycles. The van der Waals surface area contributed by atoms with Crippen molar-refractivity contribution in [2.45, 2.75) is 29.4 Å². The van der Waals surface area contributed by atoms with Gasteiger partial charge in [-0.3, -0.25) is 27.3 Å². The third-order valence-electron chi connectivity index (χ3n) is 11.5. The molecule has 0 aliphatic carbocycles. The average molecular weight is 1300 g/mol. The molecule has 6 N–H and O–H groups in total. The normalized spacial score (nSPS) is 13.3. The van der Waals surface area contributed by atoms with E-state index < -0.39 is 91.7 Å². The summed E-state index contributed by atoms with van der Waals surface area (Å²) in [5.74, 6) is 0. The van der Waals surface area contributed by atoms with E-state index in [9.17, 15) is 73.9 Å². The molecule has 0 atom stereocenters. The zero-order valence-electron chi connectivity index (χ0n) is 43.4. The Bertz CT molecular complexity index is 4950. The summed E-state index contributed by atoms with van der Waals surface area (Å²) in [5, 5.41) is 49.2. The number of rotatable bonds is 20. The second-order valence-electron chi connectivity index (χ2n) is 17.6. The summed E-state index contributed by atoms with van der Waals surface area (Å²) in [6, 6.07) is 34.4. The van der Waals surface area contributed by atoms with Crippen molar-refractivity contribution >= 4 is 142 Å². The number of hydrogen-bond donors (Lipinski definition) is 6. The fourth-order valence-corrected chi connectivity index (χ4v) is 11.1. The summed E-state index contributed by atoms with van der Waals surface area (Å²) in [6.45, 7) is 0. The van der Waals surface area contributed by atoms with Crippen LogP contribution in [-0.4, -0.2) is 82.7 Å². The molecule has 0 fully saturated rings. The van der Waals surface area contributed by atoms with Crippen LogP contribution in [0, 0.1) is 5.21 Å². The Hall–Kier alpha value is -9.50. The first kappa shape index (κ1) is 63.5. The van der Waals surface area contributed by atoms with Gasteiger partial charge in [0.15, 0.2) is 0 Å². The van der Waals surface area contributed by atoms with Gasteiger partial charge < -0.3 is 5.21 Å². The lowest BCUT2D eigenvalue weighted by Crippen LogP contribution is -2.03. The van der Waals surface area contributed by atoms with Gasteiger partial charge in [-0.2, -0.15) is 91.4 Å². The van der Waals surface area contributed by atoms with Gasteiger partial charge in [0.25, 0.3) is 60.7 Å². The van der Waals surface area contributed by atoms with Gasteiger partial charge in [-0.05, 0) is 162 Å². The van der Waals surface area contributed by atoms with Crippen LogP contribution in [0.2, 0.25) is 0 Å². The minimum atomic E-state index is -5.17. The third-order valence-corrected chi connectivity index (χ3v) is 16.9. The highest BCUT2D eigenvalue weighted by atomic mass is 32.2. The molecule has 446 valence electrons. The summed E-state index contributed by atoms with van der Waals surface area (Å²) in [7, 11) is -29.1. The quantitative estimate of drug-likeness (QED) is 0.0136. The number of hydrogen-bond acceptors (Lipinski definition) is 22. The van der Waals surface area contributed by atoms with Crippen molar-refractivity contribution < 1.29 is 82.7 Å². The highest BCUT2D eigenvalue weighted by Crippen LogP contribution is 2.33. The molecule has 0 spiro atoms. The predicted molar refractivity (Wildman–Crippen MR) is 310 cm³/mol. The van der Waals surface area contributed by atoms with Crippen LogP contribution in [0.1, 0.15) is 22.3 Å². The van der Waals surface area contributed by atoms with Gasteiger partial charge in [0.05, 0.1) is 55.3 Å². The van der Waals surface area contributed by atoms with E-state index in [1.165, 1.54) is 97.1 Å². The topological polar surface area (TPSA) is 464 Å². The van der Waals surface area contributed by atoms with E-state index in [2.05, 4.69) is 46.0 Å². The van der Waals surface area contributed by atoms with Crippen LogP contribution in [-0.2, 0) is 60.7 Å². The van der Waals surface area contributed by atoms with Gasteiger partial charge in [-0.1, -0.05) is 47.4 Å². The van der Waals surface area contributed by atoms with Crippen LogP contribution in [0.5, 0.6) is 0 Å². The first-order valence-electron chi connectivity index (χ1n) is 23.8. The molecular weight excluding hydrogens is 1260 g/mol. The zero-order valence-corrected chi connectivity index (χ0v) is 48.3. The maximum Gasteiger partial charge on any atom is 0.295 e. The van der Waals surface area contributed by atoms with Gasteiger partial charge in [-0.15, -0.1) is 0 Å². The van der Waals surface area contributed by atoms with Crippen molar-refractivity contribution in [2.75, 3.05) is 0 Å². The molecule has 29 nitrogen and oxygen atoms in total. The Kier molecular flexibility index (Phi) is 18.7. The summed E-state index contributed by atoms with van der Waals surface area (Å²) in [6.07, 6.45) is 4.22. The van der Waals surface area contributed by atoms with E-state index in [4.69, 9.17) is 9.11 Å². The van der Waals surface area contributed by atoms with E-state index in [1.807, 2.05) is 0 Å². The molecule has 0 aliphatic rings. The van der Waals surface area contributed by atoms with E-state index in [1.54, 1.807) is 0 Å². The Morgan fingerprint density at radius 1 is 0.276 bits per heavy atom. The molecule has 0 aliphatic heterocycles. The fraction of sp³-hybridized carbons (Fsp3) is 0. The molecule has 0 unspecified atom stereocenters. The minimum Gasteiger partial charge on any atom is -0.594 e. The van der Waals surface area contributed by atoms with Crippen LogP contribution in [0.15, 0.2) is 245 Å². The van der Waals surface area contributed by atoms with Crippen LogP contribution >= 0.6 is 0 Å². The smallest absolute Gasteiger partial charge is 0.295 e. The van der Waals surface area contributed by atoms with Gasteiger partial charge in [0.2, 0.25) is 5.69 Å². The Morgan fingerprint density at radius 2 is 0.494 bits per heavy atom. The number of nitrogens with zero attached hydrogens (tertiary/aromatic N) is 10. The van der Waals surface area contributed by atoms with Crippen molar-refractivity contribution in [2.24, 2.45) is 46.0 Å². The van der Waals surface area contributed by atoms with Gasteiger partial charge in [-0.25, -0.2) is 0 Å². The molecule has 0 saturated heterocycles. The van der Waals surface area contributed by atoms with Crippen LogP contribution in [0.25, 0.3) is 24.3 Å². The summed E-state index contributed by atoms with van der Waals surface area (Å²) >= 11 is 0. The zero-order chi connectivity index (χ0) is 63.1. The van der Waals surface area contributed by atoms with Crippen molar-refractivity contribution in [1.82, 2.24) is 0 Å². The second-order valence-corrected chi connectivity index (χ2v) is 26.0. The maximum atomic E-state index is 13.4. The Labute approximate surface area is 494 Å². The van der Waals surface area contributed by atoms with Crippen LogP contribution in [0.3, 0.4) is 0 Å². The van der Waals surface area contributed by atoms with Gasteiger partial charge >= 0.3 is 0 Å². The largest absolute Gasteiger partial charge is 0.594 e. The highest BCUT2D eigenvalue weighted by Gasteiger charge is 2.22. The summed E-state index contributed by atoms with van der Waals surface area (Å²) in [4.78, 5) is -3.96. The average Bonchev–Trinajstić information content (AvgIpc) is 3.36. The van der Waals surface area contributed by atoms with E-state index in [0.29, 0.717) is 17.4 Å². The summed E-state index contributed by atoms with van der Waals surface area (Å²) < 4.78 is 204. The molecule has 8 aromatic rings. The first-order chi connectivity index (χ1) is 40.8. The van der Waals surface area contributed by atoms with Crippen molar-refractivity contribution in [3.8, 4) is 0 Å². The molecule has 87 heavy (non-hydrogen) atoms. The van der Waals surface area contributed by atoms with Crippen molar-refractivity contribution in [1.29, 1.82) is 0 Å². The van der Waals surface area contributed by atoms with Crippen LogP contribution < -0.4 is 0 Å². The lowest BCUT2D eigenvalue weighted by molar-refractivity contribution is -0.435. The SMILES string of the molecule is O=S(=O)(O)c1ccc(N=Nc2ccc(N=Nc3ccc(/C=C/c4ccc(N=[N+]([O-])c5ccc(/C=C/c6ccc(N=Nc7ccc(N=Nc8ccc(S(=O)(=O)O)cc8)cc7)cc6S(=O)(=O)O)c(S(=O)(=O)O)c5)cc4S(=O)(=O)O)c(S(=O)(=O)O)c3)cc2)cc1. The standard InChI is InChI=1S/C52H38N10O19S6/c63-62(46-24-8-36(52(32-46)87(79,80)81)4-3-34-6-10-44(30-50(34)85(73,74)75)60-58-40-18-14-38(15-19-40)54-56-42-22-27-48(28-23-42)83(67,68)69)61-45-11-7-35(51(31-45)86(76,77)78)2-1-33-5-9-43(29-49(33)84(70,71)72)59-57-39-16-12-37(13-17-39)53-55-41-20-25-47(26-21-41)82(64,65)66/h1-32H,(H,64,65,66)(H,67,68,69)(H,70,71,72)(H,73,74,75)(H,76,77,78)(H,79,80,81)/b2-1+,4-3+,55-53?,56-54?,59-57?,60-58?,62-61?. The molecule has 35 heteroatoms. The highest BCUT2D eigenvalue weighted by molar-refractivity contribution is 7.87. The van der Waals surface area contributed by atoms with Crippen LogP contribution in [0.4, 0.5) is 56.9 Å². The number of azo groups is 5. The lowest BCUT2D eigenvalue weighted by atomic mass is 10.1. The van der Waals surface area contributed by atoms with E-state index in [0.717, 1.165) is 91.0 Å². The second kappa shape index (κ2) is 25.6. The number of benzene rings is 8. The monoisotopic (exact) mass is 1300 g/mol.